The first kappa shape index (κ1) is 28.3. The third-order valence-electron chi connectivity index (χ3n) is 8.75. The summed E-state index contributed by atoms with van der Waals surface area (Å²) in [6, 6.07) is 8.89. The maximum atomic E-state index is 14.3. The van der Waals surface area contributed by atoms with Crippen molar-refractivity contribution in [1.29, 1.82) is 0 Å². The van der Waals surface area contributed by atoms with Crippen molar-refractivity contribution in [2.24, 2.45) is 0 Å². The van der Waals surface area contributed by atoms with Crippen molar-refractivity contribution in [3.05, 3.63) is 57.6 Å². The second kappa shape index (κ2) is 12.4. The molecule has 0 unspecified atom stereocenters. The number of benzene rings is 2. The summed E-state index contributed by atoms with van der Waals surface area (Å²) in [7, 11) is 0. The summed E-state index contributed by atoms with van der Waals surface area (Å²) < 4.78 is 6.63. The van der Waals surface area contributed by atoms with Gasteiger partial charge in [0.2, 0.25) is 0 Å². The van der Waals surface area contributed by atoms with Crippen LogP contribution in [0.2, 0.25) is 0 Å². The van der Waals surface area contributed by atoms with Crippen LogP contribution in [0.25, 0.3) is 0 Å². The molecule has 0 bridgehead atoms. The number of carbonyl (C=O) groups is 1. The molecule has 0 saturated heterocycles. The molecular weight excluding hydrogens is 472 g/mol. The first-order valence-corrected chi connectivity index (χ1v) is 15.4. The number of ether oxygens (including phenoxy) is 1. The molecule has 0 radical (unpaired) electrons. The Bertz CT molecular complexity index is 1020. The molecule has 2 aromatic rings. The maximum Gasteiger partial charge on any atom is 0.344 e. The quantitative estimate of drug-likeness (QED) is 0.223. The van der Waals surface area contributed by atoms with Crippen LogP contribution in [0, 0.1) is 0 Å². The van der Waals surface area contributed by atoms with Crippen LogP contribution in [0.1, 0.15) is 174 Å². The Balaban J connectivity index is 1.84. The molecule has 2 fully saturated rings. The molecule has 2 aliphatic carbocycles. The predicted molar refractivity (Wildman–Crippen MR) is 159 cm³/mol. The smallest absolute Gasteiger partial charge is 0.344 e. The van der Waals surface area contributed by atoms with Gasteiger partial charge in [0, 0.05) is 4.90 Å². The Labute approximate surface area is 231 Å². The molecule has 3 heteroatoms. The minimum atomic E-state index is -0.177. The van der Waals surface area contributed by atoms with E-state index in [9.17, 15) is 4.79 Å². The van der Waals surface area contributed by atoms with E-state index in [-0.39, 0.29) is 17.8 Å². The fourth-order valence-corrected chi connectivity index (χ4v) is 6.82. The summed E-state index contributed by atoms with van der Waals surface area (Å²) in [6.45, 7) is 13.2. The first-order chi connectivity index (χ1) is 17.7. The average molecular weight is 521 g/mol. The molecule has 0 aliphatic heterocycles. The van der Waals surface area contributed by atoms with E-state index in [1.165, 1.54) is 80.9 Å². The van der Waals surface area contributed by atoms with E-state index < -0.39 is 0 Å². The summed E-state index contributed by atoms with van der Waals surface area (Å²) >= 11 is 4.85. The topological polar surface area (TPSA) is 26.3 Å². The Kier molecular flexibility index (Phi) is 9.48. The highest BCUT2D eigenvalue weighted by molar-refractivity contribution is 7.80. The minimum Gasteiger partial charge on any atom is -0.422 e. The summed E-state index contributed by atoms with van der Waals surface area (Å²) in [5.41, 5.74) is 6.75. The van der Waals surface area contributed by atoms with E-state index >= 15 is 0 Å². The van der Waals surface area contributed by atoms with Gasteiger partial charge in [0.05, 0.1) is 5.56 Å². The zero-order valence-electron chi connectivity index (χ0n) is 24.0. The van der Waals surface area contributed by atoms with E-state index in [4.69, 9.17) is 17.4 Å². The van der Waals surface area contributed by atoms with Crippen molar-refractivity contribution in [3.8, 4) is 5.75 Å². The predicted octanol–water partition coefficient (Wildman–Crippen LogP) is 10.7. The van der Waals surface area contributed by atoms with Crippen molar-refractivity contribution in [2.45, 2.75) is 140 Å². The highest BCUT2D eigenvalue weighted by Gasteiger charge is 2.30. The van der Waals surface area contributed by atoms with Gasteiger partial charge >= 0.3 is 5.97 Å². The van der Waals surface area contributed by atoms with E-state index in [1.807, 2.05) is 0 Å². The lowest BCUT2D eigenvalue weighted by Crippen LogP contribution is -2.20. The number of carbonyl (C=O) groups excluding carboxylic acids is 1. The van der Waals surface area contributed by atoms with E-state index in [2.05, 4.69) is 65.8 Å². The molecular formula is C34H48O2S. The lowest BCUT2D eigenvalue weighted by Gasteiger charge is -2.30. The Morgan fingerprint density at radius 1 is 0.703 bits per heavy atom. The summed E-state index contributed by atoms with van der Waals surface area (Å²) in [6.07, 6.45) is 12.3. The van der Waals surface area contributed by atoms with Crippen molar-refractivity contribution >= 4 is 18.6 Å². The fourth-order valence-electron chi connectivity index (χ4n) is 6.54. The second-order valence-corrected chi connectivity index (χ2v) is 13.1. The van der Waals surface area contributed by atoms with Gasteiger partial charge in [0.25, 0.3) is 0 Å². The summed E-state index contributed by atoms with van der Waals surface area (Å²) in [4.78, 5) is 15.3. The minimum absolute atomic E-state index is 0.177. The van der Waals surface area contributed by atoms with Crippen LogP contribution >= 0.6 is 12.6 Å². The van der Waals surface area contributed by atoms with Gasteiger partial charge in [-0.05, 0) is 95.2 Å². The highest BCUT2D eigenvalue weighted by atomic mass is 32.1. The number of esters is 1. The van der Waals surface area contributed by atoms with Crippen LogP contribution in [0.5, 0.6) is 5.75 Å². The maximum absolute atomic E-state index is 14.3. The number of hydrogen-bond acceptors (Lipinski definition) is 3. The van der Waals surface area contributed by atoms with Crippen LogP contribution in [0.3, 0.4) is 0 Å². The Morgan fingerprint density at radius 3 is 1.51 bits per heavy atom. The molecule has 4 rings (SSSR count). The van der Waals surface area contributed by atoms with Crippen LogP contribution in [0.15, 0.2) is 29.2 Å². The normalized spacial score (nSPS) is 17.7. The molecule has 2 aliphatic rings. The monoisotopic (exact) mass is 520 g/mol. The van der Waals surface area contributed by atoms with Crippen LogP contribution in [-0.2, 0) is 0 Å². The van der Waals surface area contributed by atoms with Crippen molar-refractivity contribution in [3.63, 3.8) is 0 Å². The zero-order valence-corrected chi connectivity index (χ0v) is 24.9. The van der Waals surface area contributed by atoms with Crippen molar-refractivity contribution in [2.75, 3.05) is 0 Å². The average Bonchev–Trinajstić information content (AvgIpc) is 2.89. The lowest BCUT2D eigenvalue weighted by molar-refractivity contribution is 0.0726. The molecule has 0 N–H and O–H groups in total. The van der Waals surface area contributed by atoms with E-state index in [0.29, 0.717) is 17.8 Å². The molecule has 2 saturated carbocycles. The largest absolute Gasteiger partial charge is 0.422 e. The molecule has 2 aromatic carbocycles. The Hall–Kier alpha value is -1.74. The SMILES string of the molecule is CC(C)c1cc(C(C)C)c(C(=O)Oc2c(C3CCCCC3)cc(S)cc2C2CCCCC2)c(C(C)C)c1. The fraction of sp³-hybridized carbons (Fsp3) is 0.618. The summed E-state index contributed by atoms with van der Waals surface area (Å²) in [5, 5.41) is 0. The standard InChI is InChI=1S/C34H48O2S/c1-21(2)26-17-28(22(3)4)32(29(18-26)23(5)6)34(35)36-33-30(24-13-9-7-10-14-24)19-27(37)20-31(33)25-15-11-8-12-16-25/h17-25,37H,7-16H2,1-6H3. The van der Waals surface area contributed by atoms with Gasteiger partial charge in [-0.2, -0.15) is 0 Å². The van der Waals surface area contributed by atoms with Gasteiger partial charge in [-0.15, -0.1) is 12.6 Å². The molecule has 202 valence electrons. The third-order valence-corrected chi connectivity index (χ3v) is 9.01. The van der Waals surface area contributed by atoms with Crippen molar-refractivity contribution in [1.82, 2.24) is 0 Å². The number of hydrogen-bond donors (Lipinski definition) is 1. The third kappa shape index (κ3) is 6.47. The van der Waals surface area contributed by atoms with Gasteiger partial charge in [-0.1, -0.05) is 92.2 Å². The Morgan fingerprint density at radius 2 is 1.14 bits per heavy atom. The molecule has 0 heterocycles. The summed E-state index contributed by atoms with van der Waals surface area (Å²) in [5.74, 6) is 2.48. The molecule has 0 aromatic heterocycles. The second-order valence-electron chi connectivity index (χ2n) is 12.6. The van der Waals surface area contributed by atoms with Crippen LogP contribution < -0.4 is 4.74 Å². The molecule has 0 spiro atoms. The molecule has 0 amide bonds. The molecule has 2 nitrogen and oxygen atoms in total. The van der Waals surface area contributed by atoms with Gasteiger partial charge in [0.1, 0.15) is 5.75 Å². The molecule has 0 atom stereocenters. The van der Waals surface area contributed by atoms with Gasteiger partial charge < -0.3 is 4.74 Å². The number of rotatable bonds is 7. The highest BCUT2D eigenvalue weighted by Crippen LogP contribution is 2.46. The van der Waals surface area contributed by atoms with Gasteiger partial charge in [0.15, 0.2) is 0 Å². The van der Waals surface area contributed by atoms with Crippen LogP contribution in [-0.4, -0.2) is 5.97 Å². The van der Waals surface area contributed by atoms with Crippen molar-refractivity contribution < 1.29 is 9.53 Å². The zero-order chi connectivity index (χ0) is 26.7. The van der Waals surface area contributed by atoms with E-state index in [1.54, 1.807) is 0 Å². The van der Waals surface area contributed by atoms with Crippen LogP contribution in [0.4, 0.5) is 0 Å². The number of thiol groups is 1. The molecule has 37 heavy (non-hydrogen) atoms. The first-order valence-electron chi connectivity index (χ1n) is 14.9. The lowest BCUT2D eigenvalue weighted by atomic mass is 9.79. The van der Waals surface area contributed by atoms with Gasteiger partial charge in [-0.3, -0.25) is 0 Å². The van der Waals surface area contributed by atoms with Gasteiger partial charge in [-0.25, -0.2) is 4.79 Å². The van der Waals surface area contributed by atoms with E-state index in [0.717, 1.165) is 27.3 Å².